The molecule has 0 unspecified atom stereocenters. The second-order valence-electron chi connectivity index (χ2n) is 2.04. The zero-order valence-corrected chi connectivity index (χ0v) is 5.77. The van der Waals surface area contributed by atoms with Crippen LogP contribution in [0.2, 0.25) is 0 Å². The van der Waals surface area contributed by atoms with Crippen LogP contribution in [0.25, 0.3) is 0 Å². The van der Waals surface area contributed by atoms with Crippen LogP contribution in [0.15, 0.2) is 0 Å². The van der Waals surface area contributed by atoms with Crippen LogP contribution in [0.3, 0.4) is 0 Å². The molecule has 1 aromatic carbocycles. The van der Waals surface area contributed by atoms with Gasteiger partial charge in [0.15, 0.2) is 23.3 Å². The van der Waals surface area contributed by atoms with E-state index in [0.717, 1.165) is 0 Å². The van der Waals surface area contributed by atoms with Crippen molar-refractivity contribution in [1.82, 2.24) is 0 Å². The van der Waals surface area contributed by atoms with Gasteiger partial charge in [-0.1, -0.05) is 0 Å². The fraction of sp³-hybridized carbons (Fsp3) is 0. The van der Waals surface area contributed by atoms with Crippen LogP contribution in [0.1, 0.15) is 0 Å². The maximum Gasteiger partial charge on any atom is 0.200 e. The monoisotopic (exact) mass is 201 g/mol. The normalized spacial score (nSPS) is 10.3. The Morgan fingerprint density at radius 3 is 1.23 bits per heavy atom. The molecule has 0 heterocycles. The van der Waals surface area contributed by atoms with Crippen LogP contribution in [0.4, 0.5) is 32.1 Å². The smallest absolute Gasteiger partial charge is 0.200 e. The van der Waals surface area contributed by atoms with Crippen molar-refractivity contribution in [2.24, 2.45) is 0 Å². The first-order valence-corrected chi connectivity index (χ1v) is 2.88. The molecule has 0 aliphatic rings. The van der Waals surface area contributed by atoms with Crippen molar-refractivity contribution in [3.63, 3.8) is 0 Å². The molecule has 0 aromatic heterocycles. The lowest BCUT2D eigenvalue weighted by Gasteiger charge is -2.04. The molecule has 0 saturated carbocycles. The Balaban J connectivity index is 3.56. The van der Waals surface area contributed by atoms with E-state index in [1.165, 1.54) is 0 Å². The SMILES string of the molecule is FNc1c(F)c(F)c(F)c(F)c1F. The summed E-state index contributed by atoms with van der Waals surface area (Å²) in [6.07, 6.45) is 0. The third-order valence-corrected chi connectivity index (χ3v) is 1.30. The second kappa shape index (κ2) is 3.15. The van der Waals surface area contributed by atoms with Gasteiger partial charge in [0, 0.05) is 0 Å². The van der Waals surface area contributed by atoms with E-state index < -0.39 is 34.8 Å². The summed E-state index contributed by atoms with van der Waals surface area (Å²) in [7, 11) is 0. The number of hydrogen-bond donors (Lipinski definition) is 1. The molecule has 0 saturated heterocycles. The fourth-order valence-electron chi connectivity index (χ4n) is 0.688. The average Bonchev–Trinajstić information content (AvgIpc) is 2.13. The van der Waals surface area contributed by atoms with Gasteiger partial charge in [-0.15, -0.1) is 4.48 Å². The van der Waals surface area contributed by atoms with Crippen LogP contribution in [-0.2, 0) is 0 Å². The summed E-state index contributed by atoms with van der Waals surface area (Å²) in [4.78, 5) is 0. The van der Waals surface area contributed by atoms with Crippen LogP contribution >= 0.6 is 0 Å². The summed E-state index contributed by atoms with van der Waals surface area (Å²) in [5.41, 5.74) is -1.32. The minimum absolute atomic E-state index is 0.376. The highest BCUT2D eigenvalue weighted by Gasteiger charge is 2.25. The van der Waals surface area contributed by atoms with Gasteiger partial charge < -0.3 is 0 Å². The first-order chi connectivity index (χ1) is 6.00. The van der Waals surface area contributed by atoms with Gasteiger partial charge in [0.1, 0.15) is 5.69 Å². The molecule has 0 aliphatic heterocycles. The molecule has 1 rings (SSSR count). The van der Waals surface area contributed by atoms with E-state index in [2.05, 4.69) is 0 Å². The van der Waals surface area contributed by atoms with Crippen LogP contribution in [0.5, 0.6) is 0 Å². The standard InChI is InChI=1S/C6HF6N/c7-1-2(8)4(10)6(13-12)5(11)3(1)9/h13H. The number of benzene rings is 1. The minimum Gasteiger partial charge on any atom is -0.218 e. The average molecular weight is 201 g/mol. The molecular formula is C6HF6N. The zero-order valence-electron chi connectivity index (χ0n) is 5.77. The molecule has 1 aromatic rings. The van der Waals surface area contributed by atoms with Gasteiger partial charge >= 0.3 is 0 Å². The van der Waals surface area contributed by atoms with Crippen molar-refractivity contribution in [2.75, 3.05) is 5.54 Å². The lowest BCUT2D eigenvalue weighted by Crippen LogP contribution is -2.04. The quantitative estimate of drug-likeness (QED) is 0.319. The van der Waals surface area contributed by atoms with E-state index in [1.807, 2.05) is 0 Å². The predicted molar refractivity (Wildman–Crippen MR) is 31.0 cm³/mol. The summed E-state index contributed by atoms with van der Waals surface area (Å²) < 4.78 is 73.0. The van der Waals surface area contributed by atoms with E-state index in [1.54, 1.807) is 0 Å². The van der Waals surface area contributed by atoms with Crippen molar-refractivity contribution < 1.29 is 26.4 Å². The highest BCUT2D eigenvalue weighted by molar-refractivity contribution is 5.45. The Kier molecular flexibility index (Phi) is 2.35. The Hall–Kier alpha value is -1.40. The Bertz CT molecular complexity index is 320. The summed E-state index contributed by atoms with van der Waals surface area (Å²) in [6.45, 7) is 0. The Morgan fingerprint density at radius 2 is 0.923 bits per heavy atom. The van der Waals surface area contributed by atoms with Gasteiger partial charge in [-0.25, -0.2) is 27.5 Å². The molecule has 13 heavy (non-hydrogen) atoms. The molecule has 72 valence electrons. The van der Waals surface area contributed by atoms with Gasteiger partial charge in [0.2, 0.25) is 5.82 Å². The highest BCUT2D eigenvalue weighted by Crippen LogP contribution is 2.26. The first-order valence-electron chi connectivity index (χ1n) is 2.88. The molecule has 0 aliphatic carbocycles. The maximum absolute atomic E-state index is 12.4. The van der Waals surface area contributed by atoms with Gasteiger partial charge in [-0.3, -0.25) is 0 Å². The summed E-state index contributed by atoms with van der Waals surface area (Å²) >= 11 is 0. The van der Waals surface area contributed by atoms with Crippen molar-refractivity contribution in [2.45, 2.75) is 0 Å². The lowest BCUT2D eigenvalue weighted by molar-refractivity contribution is 0.377. The largest absolute Gasteiger partial charge is 0.218 e. The summed E-state index contributed by atoms with van der Waals surface area (Å²) in [5.74, 6) is -11.2. The van der Waals surface area contributed by atoms with E-state index in [0.29, 0.717) is 5.54 Å². The zero-order chi connectivity index (χ0) is 10.2. The van der Waals surface area contributed by atoms with Gasteiger partial charge in [-0.05, 0) is 0 Å². The van der Waals surface area contributed by atoms with Gasteiger partial charge in [-0.2, -0.15) is 0 Å². The van der Waals surface area contributed by atoms with E-state index in [-0.39, 0.29) is 0 Å². The van der Waals surface area contributed by atoms with Crippen molar-refractivity contribution in [3.05, 3.63) is 29.1 Å². The van der Waals surface area contributed by atoms with E-state index in [4.69, 9.17) is 0 Å². The molecular weight excluding hydrogens is 200 g/mol. The first kappa shape index (κ1) is 9.69. The molecule has 0 spiro atoms. The third kappa shape index (κ3) is 1.30. The van der Waals surface area contributed by atoms with E-state index in [9.17, 15) is 26.4 Å². The number of halogens is 6. The highest BCUT2D eigenvalue weighted by atomic mass is 19.2. The molecule has 0 atom stereocenters. The number of nitrogens with one attached hydrogen (secondary N) is 1. The molecule has 0 amide bonds. The van der Waals surface area contributed by atoms with Crippen molar-refractivity contribution in [3.8, 4) is 0 Å². The molecule has 1 N–H and O–H groups in total. The summed E-state index contributed by atoms with van der Waals surface area (Å²) in [6, 6.07) is 0. The topological polar surface area (TPSA) is 12.0 Å². The third-order valence-electron chi connectivity index (χ3n) is 1.30. The molecule has 0 fully saturated rings. The van der Waals surface area contributed by atoms with Crippen molar-refractivity contribution >= 4 is 5.69 Å². The lowest BCUT2D eigenvalue weighted by atomic mass is 10.2. The maximum atomic E-state index is 12.4. The Morgan fingerprint density at radius 1 is 0.615 bits per heavy atom. The van der Waals surface area contributed by atoms with Gasteiger partial charge in [0.25, 0.3) is 0 Å². The number of anilines is 1. The van der Waals surface area contributed by atoms with Crippen molar-refractivity contribution in [1.29, 1.82) is 0 Å². The van der Waals surface area contributed by atoms with Crippen LogP contribution in [0, 0.1) is 29.1 Å². The predicted octanol–water partition coefficient (Wildman–Crippen LogP) is 2.68. The number of rotatable bonds is 1. The minimum atomic E-state index is -2.33. The second-order valence-corrected chi connectivity index (χ2v) is 2.04. The van der Waals surface area contributed by atoms with E-state index >= 15 is 0 Å². The number of hydrogen-bond acceptors (Lipinski definition) is 1. The molecule has 1 nitrogen and oxygen atoms in total. The molecule has 7 heteroatoms. The molecule has 0 bridgehead atoms. The van der Waals surface area contributed by atoms with Gasteiger partial charge in [0.05, 0.1) is 0 Å². The fourth-order valence-corrected chi connectivity index (χ4v) is 0.688. The Labute approximate surface area is 67.9 Å². The summed E-state index contributed by atoms with van der Waals surface area (Å²) in [5, 5.41) is 0. The molecule has 0 radical (unpaired) electrons. The van der Waals surface area contributed by atoms with Crippen LogP contribution < -0.4 is 5.54 Å². The van der Waals surface area contributed by atoms with Crippen LogP contribution in [-0.4, -0.2) is 0 Å².